The van der Waals surface area contributed by atoms with E-state index < -0.39 is 28.5 Å². The Labute approximate surface area is 219 Å². The summed E-state index contributed by atoms with van der Waals surface area (Å²) in [7, 11) is 0.512. The van der Waals surface area contributed by atoms with Crippen LogP contribution in [0.3, 0.4) is 0 Å². The first-order valence-corrected chi connectivity index (χ1v) is 13.7. The van der Waals surface area contributed by atoms with Crippen LogP contribution < -0.4 is 23.8 Å². The van der Waals surface area contributed by atoms with Gasteiger partial charge in [-0.05, 0) is 50.1 Å². The number of rotatable bonds is 13. The fourth-order valence-electron chi connectivity index (χ4n) is 3.60. The van der Waals surface area contributed by atoms with Crippen molar-refractivity contribution in [2.75, 3.05) is 38.4 Å². The third-order valence-electron chi connectivity index (χ3n) is 5.99. The highest BCUT2D eigenvalue weighted by atomic mass is 32.2. The number of carbonyl (C=O) groups is 2. The van der Waals surface area contributed by atoms with Gasteiger partial charge in [0.15, 0.2) is 0 Å². The minimum absolute atomic E-state index is 0.0719. The summed E-state index contributed by atoms with van der Waals surface area (Å²) in [6.45, 7) is 4.98. The van der Waals surface area contributed by atoms with Crippen LogP contribution in [0.15, 0.2) is 42.5 Å². The van der Waals surface area contributed by atoms with Gasteiger partial charge < -0.3 is 24.4 Å². The molecule has 0 aromatic heterocycles. The zero-order chi connectivity index (χ0) is 27.8. The van der Waals surface area contributed by atoms with Gasteiger partial charge in [0.25, 0.3) is 0 Å². The van der Waals surface area contributed by atoms with Crippen molar-refractivity contribution < 1.29 is 32.2 Å². The second-order valence-corrected chi connectivity index (χ2v) is 10.6. The minimum Gasteiger partial charge on any atom is -0.497 e. The SMILES string of the molecule is CC[C@@H](C)NC(=O)[C@@H](C)N(Cc1cccc(OC)c1)C(=O)CN(c1ccc(OC)cc1OC)S(C)(=O)=O. The number of hydrogen-bond donors (Lipinski definition) is 1. The zero-order valence-electron chi connectivity index (χ0n) is 22.5. The van der Waals surface area contributed by atoms with Crippen molar-refractivity contribution in [1.82, 2.24) is 10.2 Å². The average molecular weight is 536 g/mol. The lowest BCUT2D eigenvalue weighted by Gasteiger charge is -2.32. The Kier molecular flexibility index (Phi) is 10.6. The molecule has 0 saturated carbocycles. The van der Waals surface area contributed by atoms with Gasteiger partial charge in [0.05, 0.1) is 33.3 Å². The van der Waals surface area contributed by atoms with Crippen LogP contribution in [-0.2, 0) is 26.2 Å². The van der Waals surface area contributed by atoms with Crippen LogP contribution in [0.1, 0.15) is 32.8 Å². The third-order valence-corrected chi connectivity index (χ3v) is 7.12. The van der Waals surface area contributed by atoms with Crippen LogP contribution in [0.5, 0.6) is 17.2 Å². The lowest BCUT2D eigenvalue weighted by atomic mass is 10.1. The quantitative estimate of drug-likeness (QED) is 0.419. The topological polar surface area (TPSA) is 114 Å². The molecule has 204 valence electrons. The summed E-state index contributed by atoms with van der Waals surface area (Å²) >= 11 is 0. The lowest BCUT2D eigenvalue weighted by Crippen LogP contribution is -2.52. The molecule has 0 aliphatic carbocycles. The predicted molar refractivity (Wildman–Crippen MR) is 143 cm³/mol. The number of methoxy groups -OCH3 is 3. The largest absolute Gasteiger partial charge is 0.497 e. The molecule has 2 aromatic rings. The number of hydrogen-bond acceptors (Lipinski definition) is 7. The van der Waals surface area contributed by atoms with Gasteiger partial charge in [-0.3, -0.25) is 13.9 Å². The molecule has 11 heteroatoms. The Morgan fingerprint density at radius 2 is 1.62 bits per heavy atom. The van der Waals surface area contributed by atoms with Gasteiger partial charge >= 0.3 is 0 Å². The number of carbonyl (C=O) groups excluding carboxylic acids is 2. The first-order chi connectivity index (χ1) is 17.4. The summed E-state index contributed by atoms with van der Waals surface area (Å²) in [5.74, 6) is 0.397. The molecule has 0 aliphatic rings. The van der Waals surface area contributed by atoms with E-state index >= 15 is 0 Å². The second-order valence-electron chi connectivity index (χ2n) is 8.67. The number of benzene rings is 2. The molecule has 2 aromatic carbocycles. The van der Waals surface area contributed by atoms with E-state index in [1.165, 1.54) is 38.4 Å². The van der Waals surface area contributed by atoms with Gasteiger partial charge in [-0.25, -0.2) is 8.42 Å². The van der Waals surface area contributed by atoms with Crippen molar-refractivity contribution in [1.29, 1.82) is 0 Å². The summed E-state index contributed by atoms with van der Waals surface area (Å²) in [4.78, 5) is 28.1. The summed E-state index contributed by atoms with van der Waals surface area (Å²) in [5, 5.41) is 2.90. The van der Waals surface area contributed by atoms with E-state index in [0.717, 1.165) is 22.5 Å². The molecule has 2 rings (SSSR count). The maximum Gasteiger partial charge on any atom is 0.244 e. The first kappa shape index (κ1) is 29.8. The standard InChI is InChI=1S/C26H37N3O7S/c1-8-18(2)27-26(31)19(3)28(16-20-10-9-11-21(14-20)34-4)25(30)17-29(37(7,32)33)23-13-12-22(35-5)15-24(23)36-6/h9-15,18-19H,8,16-17H2,1-7H3,(H,27,31)/t18-,19-/m1/s1. The summed E-state index contributed by atoms with van der Waals surface area (Å²) in [6, 6.07) is 10.8. The molecule has 0 fully saturated rings. The fourth-order valence-corrected chi connectivity index (χ4v) is 4.45. The number of sulfonamides is 1. The van der Waals surface area contributed by atoms with Crippen LogP contribution in [0.2, 0.25) is 0 Å². The van der Waals surface area contributed by atoms with Crippen molar-refractivity contribution in [3.05, 3.63) is 48.0 Å². The third kappa shape index (κ3) is 8.01. The van der Waals surface area contributed by atoms with Crippen LogP contribution >= 0.6 is 0 Å². The molecule has 2 atom stereocenters. The van der Waals surface area contributed by atoms with E-state index in [4.69, 9.17) is 14.2 Å². The number of ether oxygens (including phenoxy) is 3. The first-order valence-electron chi connectivity index (χ1n) is 11.9. The van der Waals surface area contributed by atoms with Crippen LogP contribution in [0.4, 0.5) is 5.69 Å². The molecule has 0 bridgehead atoms. The van der Waals surface area contributed by atoms with Gasteiger partial charge in [0.2, 0.25) is 21.8 Å². The highest BCUT2D eigenvalue weighted by Crippen LogP contribution is 2.33. The molecule has 1 N–H and O–H groups in total. The Bertz CT molecular complexity index is 1190. The van der Waals surface area contributed by atoms with Crippen molar-refractivity contribution in [3.63, 3.8) is 0 Å². The molecular formula is C26H37N3O7S. The summed E-state index contributed by atoms with van der Waals surface area (Å²) < 4.78 is 42.5. The van der Waals surface area contributed by atoms with Crippen LogP contribution in [0.25, 0.3) is 0 Å². The monoisotopic (exact) mass is 535 g/mol. The van der Waals surface area contributed by atoms with Gasteiger partial charge in [-0.2, -0.15) is 0 Å². The van der Waals surface area contributed by atoms with Crippen molar-refractivity contribution in [2.24, 2.45) is 0 Å². The normalized spacial score (nSPS) is 12.7. The number of anilines is 1. The molecule has 0 radical (unpaired) electrons. The highest BCUT2D eigenvalue weighted by Gasteiger charge is 2.31. The molecular weight excluding hydrogens is 498 g/mol. The Balaban J connectivity index is 2.47. The van der Waals surface area contributed by atoms with E-state index in [2.05, 4.69) is 5.32 Å². The van der Waals surface area contributed by atoms with Gasteiger partial charge in [-0.15, -0.1) is 0 Å². The average Bonchev–Trinajstić information content (AvgIpc) is 2.88. The molecule has 0 aliphatic heterocycles. The van der Waals surface area contributed by atoms with E-state index in [0.29, 0.717) is 11.5 Å². The van der Waals surface area contributed by atoms with Gasteiger partial charge in [-0.1, -0.05) is 19.1 Å². The maximum absolute atomic E-state index is 13.7. The van der Waals surface area contributed by atoms with E-state index in [-0.39, 0.29) is 29.9 Å². The highest BCUT2D eigenvalue weighted by molar-refractivity contribution is 7.92. The van der Waals surface area contributed by atoms with Crippen LogP contribution in [0, 0.1) is 0 Å². The van der Waals surface area contributed by atoms with Crippen molar-refractivity contribution in [2.45, 2.75) is 45.8 Å². The maximum atomic E-state index is 13.7. The summed E-state index contributed by atoms with van der Waals surface area (Å²) in [5.41, 5.74) is 0.904. The Hall–Kier alpha value is -3.47. The Morgan fingerprint density at radius 1 is 0.973 bits per heavy atom. The molecule has 0 heterocycles. The summed E-state index contributed by atoms with van der Waals surface area (Å²) in [6.07, 6.45) is 1.73. The smallest absolute Gasteiger partial charge is 0.244 e. The van der Waals surface area contributed by atoms with E-state index in [1.807, 2.05) is 19.9 Å². The van der Waals surface area contributed by atoms with Crippen LogP contribution in [-0.4, -0.2) is 71.3 Å². The van der Waals surface area contributed by atoms with E-state index in [1.54, 1.807) is 31.2 Å². The van der Waals surface area contributed by atoms with Gasteiger partial charge in [0.1, 0.15) is 29.8 Å². The van der Waals surface area contributed by atoms with Gasteiger partial charge in [0, 0.05) is 18.7 Å². The number of amides is 2. The zero-order valence-corrected chi connectivity index (χ0v) is 23.3. The Morgan fingerprint density at radius 3 is 2.19 bits per heavy atom. The molecule has 2 amide bonds. The number of nitrogens with zero attached hydrogens (tertiary/aromatic N) is 2. The molecule has 37 heavy (non-hydrogen) atoms. The fraction of sp³-hybridized carbons (Fsp3) is 0.462. The molecule has 10 nitrogen and oxygen atoms in total. The molecule has 0 saturated heterocycles. The molecule has 0 unspecified atom stereocenters. The molecule has 0 spiro atoms. The van der Waals surface area contributed by atoms with E-state index in [9.17, 15) is 18.0 Å². The predicted octanol–water partition coefficient (Wildman–Crippen LogP) is 2.81. The minimum atomic E-state index is -3.91. The van der Waals surface area contributed by atoms with Crippen molar-refractivity contribution in [3.8, 4) is 17.2 Å². The lowest BCUT2D eigenvalue weighted by molar-refractivity contribution is -0.139. The van der Waals surface area contributed by atoms with Crippen molar-refractivity contribution >= 4 is 27.5 Å². The number of nitrogens with one attached hydrogen (secondary N) is 1. The second kappa shape index (κ2) is 13.2.